The lowest BCUT2D eigenvalue weighted by atomic mass is 9.77. The van der Waals surface area contributed by atoms with Crippen molar-refractivity contribution in [2.75, 3.05) is 34.4 Å². The lowest BCUT2D eigenvalue weighted by Gasteiger charge is -2.36. The van der Waals surface area contributed by atoms with Crippen molar-refractivity contribution in [3.05, 3.63) is 41.2 Å². The van der Waals surface area contributed by atoms with Gasteiger partial charge in [0.25, 0.3) is 5.91 Å². The normalized spacial score (nSPS) is 25.9. The summed E-state index contributed by atoms with van der Waals surface area (Å²) in [5.74, 6) is 1.68. The Kier molecular flexibility index (Phi) is 6.06. The van der Waals surface area contributed by atoms with Gasteiger partial charge in [-0.2, -0.15) is 0 Å². The first kappa shape index (κ1) is 20.8. The molecule has 1 saturated heterocycles. The van der Waals surface area contributed by atoms with Crippen LogP contribution in [0, 0.1) is 18.8 Å². The van der Waals surface area contributed by atoms with Gasteiger partial charge >= 0.3 is 0 Å². The van der Waals surface area contributed by atoms with E-state index in [-0.39, 0.29) is 18.1 Å². The fourth-order valence-electron chi connectivity index (χ4n) is 5.01. The molecule has 2 heterocycles. The number of nitrogens with zero attached hydrogens (tertiary/aromatic N) is 4. The molecule has 1 aliphatic carbocycles. The molecule has 1 saturated carbocycles. The molecule has 1 amide bonds. The number of hydrogen-bond donors (Lipinski definition) is 0. The van der Waals surface area contributed by atoms with Crippen LogP contribution < -0.4 is 4.74 Å². The summed E-state index contributed by atoms with van der Waals surface area (Å²) in [6.45, 7) is 3.90. The predicted molar refractivity (Wildman–Crippen MR) is 110 cm³/mol. The minimum atomic E-state index is 0.0527. The number of hydrogen-bond acceptors (Lipinski definition) is 6. The maximum Gasteiger partial charge on any atom is 0.254 e. The molecule has 0 unspecified atom stereocenters. The number of aromatic nitrogens is 3. The summed E-state index contributed by atoms with van der Waals surface area (Å²) in [6.07, 6.45) is 3.82. The number of ether oxygens (including phenoxy) is 3. The van der Waals surface area contributed by atoms with Crippen molar-refractivity contribution in [2.24, 2.45) is 11.8 Å². The van der Waals surface area contributed by atoms with Gasteiger partial charge in [-0.05, 0) is 43.7 Å². The molecule has 1 aromatic carbocycles. The number of fused-ring (bicyclic) bond motifs is 1. The molecule has 8 heteroatoms. The van der Waals surface area contributed by atoms with Gasteiger partial charge in [0.1, 0.15) is 11.4 Å². The molecule has 4 atom stereocenters. The number of likely N-dealkylation sites (tertiary alicyclic amines) is 1. The third-order valence-electron chi connectivity index (χ3n) is 6.60. The van der Waals surface area contributed by atoms with Crippen molar-refractivity contribution in [1.82, 2.24) is 19.9 Å². The van der Waals surface area contributed by atoms with E-state index in [4.69, 9.17) is 14.2 Å². The molecule has 2 aliphatic rings. The summed E-state index contributed by atoms with van der Waals surface area (Å²) >= 11 is 0. The van der Waals surface area contributed by atoms with E-state index in [1.807, 2.05) is 40.9 Å². The van der Waals surface area contributed by atoms with Crippen LogP contribution in [0.3, 0.4) is 0 Å². The molecule has 162 valence electrons. The number of carbonyl (C=O) groups excluding carboxylic acids is 1. The summed E-state index contributed by atoms with van der Waals surface area (Å²) in [7, 11) is 5.03. The van der Waals surface area contributed by atoms with Gasteiger partial charge in [-0.15, -0.1) is 5.10 Å². The Morgan fingerprint density at radius 3 is 2.63 bits per heavy atom. The summed E-state index contributed by atoms with van der Waals surface area (Å²) in [5.41, 5.74) is 2.42. The van der Waals surface area contributed by atoms with Crippen LogP contribution in [0.25, 0.3) is 0 Å². The highest BCUT2D eigenvalue weighted by Crippen LogP contribution is 2.42. The first-order valence-corrected chi connectivity index (χ1v) is 10.4. The minimum absolute atomic E-state index is 0.0527. The number of methoxy groups -OCH3 is 3. The van der Waals surface area contributed by atoms with Gasteiger partial charge in [0.05, 0.1) is 32.1 Å². The molecular weight excluding hydrogens is 384 g/mol. The standard InChI is InChI=1S/C22H30N4O4/c1-14-18(6-5-7-20(14)29-3)22(27)25-10-15-8-19(21(30-4)9-16(15)11-25)26-12-17(13-28-2)23-24-26/h5-7,12,15-16,19,21H,8-11,13H2,1-4H3/t15-,16+,19-,21-/m1/s1. The molecule has 2 fully saturated rings. The van der Waals surface area contributed by atoms with Crippen LogP contribution in [-0.4, -0.2) is 66.3 Å². The maximum atomic E-state index is 13.3. The highest BCUT2D eigenvalue weighted by Gasteiger charge is 2.45. The van der Waals surface area contributed by atoms with Gasteiger partial charge in [0.2, 0.25) is 0 Å². The fraction of sp³-hybridized carbons (Fsp3) is 0.591. The Labute approximate surface area is 177 Å². The Hall–Kier alpha value is -2.45. The fourth-order valence-corrected chi connectivity index (χ4v) is 5.01. The molecule has 0 N–H and O–H groups in total. The molecule has 0 spiro atoms. The summed E-state index contributed by atoms with van der Waals surface area (Å²) in [6, 6.07) is 5.76. The van der Waals surface area contributed by atoms with Gasteiger partial charge < -0.3 is 19.1 Å². The number of rotatable bonds is 6. The Bertz CT molecular complexity index is 899. The number of carbonyl (C=O) groups is 1. The van der Waals surface area contributed by atoms with Gasteiger partial charge in [0.15, 0.2) is 0 Å². The van der Waals surface area contributed by atoms with Crippen molar-refractivity contribution in [3.63, 3.8) is 0 Å². The molecular formula is C22H30N4O4. The monoisotopic (exact) mass is 414 g/mol. The Morgan fingerprint density at radius 2 is 1.93 bits per heavy atom. The smallest absolute Gasteiger partial charge is 0.254 e. The molecule has 2 aromatic rings. The number of amides is 1. The SMILES string of the molecule is COCc1cn([C@@H]2C[C@@H]3CN(C(=O)c4cccc(OC)c4C)C[C@@H]3C[C@H]2OC)nn1. The highest BCUT2D eigenvalue weighted by molar-refractivity contribution is 5.96. The summed E-state index contributed by atoms with van der Waals surface area (Å²) < 4.78 is 18.3. The second kappa shape index (κ2) is 8.73. The first-order chi connectivity index (χ1) is 14.5. The Balaban J connectivity index is 1.50. The average Bonchev–Trinajstić information content (AvgIpc) is 3.39. The van der Waals surface area contributed by atoms with E-state index in [9.17, 15) is 4.79 Å². The summed E-state index contributed by atoms with van der Waals surface area (Å²) in [4.78, 5) is 15.2. The second-order valence-electron chi connectivity index (χ2n) is 8.30. The van der Waals surface area contributed by atoms with E-state index in [0.29, 0.717) is 24.0 Å². The van der Waals surface area contributed by atoms with Crippen molar-refractivity contribution in [1.29, 1.82) is 0 Å². The molecule has 8 nitrogen and oxygen atoms in total. The molecule has 0 radical (unpaired) electrons. The van der Waals surface area contributed by atoms with Crippen molar-refractivity contribution < 1.29 is 19.0 Å². The van der Waals surface area contributed by atoms with Crippen molar-refractivity contribution in [2.45, 2.75) is 38.5 Å². The largest absolute Gasteiger partial charge is 0.496 e. The van der Waals surface area contributed by atoms with Gasteiger partial charge in [-0.3, -0.25) is 4.79 Å². The van der Waals surface area contributed by atoms with Crippen molar-refractivity contribution in [3.8, 4) is 5.75 Å². The zero-order chi connectivity index (χ0) is 21.3. The van der Waals surface area contributed by atoms with Crippen LogP contribution in [0.5, 0.6) is 5.75 Å². The highest BCUT2D eigenvalue weighted by atomic mass is 16.5. The maximum absolute atomic E-state index is 13.3. The van der Waals surface area contributed by atoms with Crippen LogP contribution in [0.1, 0.15) is 40.5 Å². The predicted octanol–water partition coefficient (Wildman–Crippen LogP) is 2.48. The van der Waals surface area contributed by atoms with E-state index in [2.05, 4.69) is 10.3 Å². The third-order valence-corrected chi connectivity index (χ3v) is 6.60. The van der Waals surface area contributed by atoms with E-state index < -0.39 is 0 Å². The van der Waals surface area contributed by atoms with Crippen LogP contribution in [0.15, 0.2) is 24.4 Å². The molecule has 4 rings (SSSR count). The molecule has 1 aromatic heterocycles. The van der Waals surface area contributed by atoms with E-state index in [0.717, 1.165) is 42.9 Å². The lowest BCUT2D eigenvalue weighted by molar-refractivity contribution is -0.00548. The van der Waals surface area contributed by atoms with E-state index in [1.54, 1.807) is 21.3 Å². The third kappa shape index (κ3) is 3.81. The van der Waals surface area contributed by atoms with E-state index >= 15 is 0 Å². The zero-order valence-electron chi connectivity index (χ0n) is 18.1. The van der Waals surface area contributed by atoms with Crippen LogP contribution >= 0.6 is 0 Å². The van der Waals surface area contributed by atoms with Gasteiger partial charge in [-0.25, -0.2) is 4.68 Å². The lowest BCUT2D eigenvalue weighted by Crippen LogP contribution is -2.37. The van der Waals surface area contributed by atoms with E-state index in [1.165, 1.54) is 0 Å². The van der Waals surface area contributed by atoms with Gasteiger partial charge in [-0.1, -0.05) is 11.3 Å². The van der Waals surface area contributed by atoms with Crippen LogP contribution in [-0.2, 0) is 16.1 Å². The molecule has 30 heavy (non-hydrogen) atoms. The quantitative estimate of drug-likeness (QED) is 0.723. The molecule has 1 aliphatic heterocycles. The Morgan fingerprint density at radius 1 is 1.17 bits per heavy atom. The van der Waals surface area contributed by atoms with Crippen LogP contribution in [0.4, 0.5) is 0 Å². The average molecular weight is 415 g/mol. The first-order valence-electron chi connectivity index (χ1n) is 10.4. The topological polar surface area (TPSA) is 78.7 Å². The van der Waals surface area contributed by atoms with Crippen molar-refractivity contribution >= 4 is 5.91 Å². The van der Waals surface area contributed by atoms with Crippen LogP contribution in [0.2, 0.25) is 0 Å². The minimum Gasteiger partial charge on any atom is -0.496 e. The number of benzene rings is 1. The van der Waals surface area contributed by atoms with Gasteiger partial charge in [0, 0.05) is 38.4 Å². The zero-order valence-corrected chi connectivity index (χ0v) is 18.1. The summed E-state index contributed by atoms with van der Waals surface area (Å²) in [5, 5.41) is 8.52. The molecule has 0 bridgehead atoms. The second-order valence-corrected chi connectivity index (χ2v) is 8.30.